The van der Waals surface area contributed by atoms with Crippen molar-refractivity contribution in [2.75, 3.05) is 39.9 Å². The predicted molar refractivity (Wildman–Crippen MR) is 135 cm³/mol. The van der Waals surface area contributed by atoms with Gasteiger partial charge in [0.25, 0.3) is 0 Å². The maximum Gasteiger partial charge on any atom is 0.213 e. The Labute approximate surface area is 206 Å². The Morgan fingerprint density at radius 1 is 1.16 bits per heavy atom. The van der Waals surface area contributed by atoms with E-state index in [0.717, 1.165) is 24.2 Å². The molecule has 2 N–H and O–H groups in total. The first-order chi connectivity index (χ1) is 15.0. The van der Waals surface area contributed by atoms with Gasteiger partial charge in [-0.2, -0.15) is 0 Å². The fourth-order valence-electron chi connectivity index (χ4n) is 3.46. The summed E-state index contributed by atoms with van der Waals surface area (Å²) in [6.07, 6.45) is 1.90. The summed E-state index contributed by atoms with van der Waals surface area (Å²) in [5.41, 5.74) is 2.10. The van der Waals surface area contributed by atoms with E-state index < -0.39 is 0 Å². The molecular weight excluding hydrogens is 524 g/mol. The summed E-state index contributed by atoms with van der Waals surface area (Å²) in [6.45, 7) is 8.27. The third-order valence-electron chi connectivity index (χ3n) is 5.04. The number of guanidine groups is 1. The summed E-state index contributed by atoms with van der Waals surface area (Å²) in [6, 6.07) is 10.7. The maximum atomic E-state index is 13.4. The Hall–Kier alpha value is -1.98. The van der Waals surface area contributed by atoms with Crippen LogP contribution in [0.2, 0.25) is 0 Å². The van der Waals surface area contributed by atoms with Crippen LogP contribution >= 0.6 is 24.0 Å². The Morgan fingerprint density at radius 2 is 1.88 bits per heavy atom. The summed E-state index contributed by atoms with van der Waals surface area (Å²) < 4.78 is 24.5. The highest BCUT2D eigenvalue weighted by Gasteiger charge is 2.23. The van der Waals surface area contributed by atoms with E-state index in [4.69, 9.17) is 9.47 Å². The van der Waals surface area contributed by atoms with Crippen LogP contribution in [0.4, 0.5) is 4.39 Å². The molecule has 0 saturated carbocycles. The van der Waals surface area contributed by atoms with E-state index in [0.29, 0.717) is 38.1 Å². The summed E-state index contributed by atoms with van der Waals surface area (Å²) in [7, 11) is 1.74. The lowest BCUT2D eigenvalue weighted by Crippen LogP contribution is -2.46. The van der Waals surface area contributed by atoms with Crippen LogP contribution in [0, 0.1) is 5.82 Å². The molecule has 1 aromatic carbocycles. The van der Waals surface area contributed by atoms with Crippen molar-refractivity contribution in [2.45, 2.75) is 32.5 Å². The quantitative estimate of drug-likeness (QED) is 0.295. The molecule has 32 heavy (non-hydrogen) atoms. The Morgan fingerprint density at radius 3 is 2.47 bits per heavy atom. The maximum absolute atomic E-state index is 13.4. The van der Waals surface area contributed by atoms with Gasteiger partial charge in [0.2, 0.25) is 5.88 Å². The summed E-state index contributed by atoms with van der Waals surface area (Å²) >= 11 is 0. The minimum atomic E-state index is -0.228. The number of hydrogen-bond donors (Lipinski definition) is 2. The van der Waals surface area contributed by atoms with Gasteiger partial charge in [0.15, 0.2) is 5.96 Å². The molecule has 2 heterocycles. The number of aromatic nitrogens is 1. The Balaban J connectivity index is 0.00000363. The van der Waals surface area contributed by atoms with E-state index in [1.807, 2.05) is 38.1 Å². The molecular formula is C23H33FIN5O2. The molecule has 0 amide bonds. The zero-order valence-corrected chi connectivity index (χ0v) is 21.2. The fraction of sp³-hybridized carbons (Fsp3) is 0.478. The molecule has 1 aromatic heterocycles. The predicted octanol–water partition coefficient (Wildman–Crippen LogP) is 3.36. The topological polar surface area (TPSA) is 71.0 Å². The molecule has 0 bridgehead atoms. The van der Waals surface area contributed by atoms with Gasteiger partial charge in [0, 0.05) is 45.5 Å². The van der Waals surface area contributed by atoms with Crippen molar-refractivity contribution in [1.29, 1.82) is 0 Å². The summed E-state index contributed by atoms with van der Waals surface area (Å²) in [5.74, 6) is 1.09. The van der Waals surface area contributed by atoms with E-state index in [9.17, 15) is 4.39 Å². The van der Waals surface area contributed by atoms with E-state index in [2.05, 4.69) is 25.5 Å². The van der Waals surface area contributed by atoms with E-state index in [1.54, 1.807) is 13.2 Å². The normalized spacial score (nSPS) is 15.7. The summed E-state index contributed by atoms with van der Waals surface area (Å²) in [4.78, 5) is 11.0. The van der Waals surface area contributed by atoms with Crippen LogP contribution in [-0.4, -0.2) is 61.8 Å². The molecule has 1 fully saturated rings. The molecule has 1 aliphatic rings. The van der Waals surface area contributed by atoms with Crippen LogP contribution in [0.3, 0.4) is 0 Å². The smallest absolute Gasteiger partial charge is 0.213 e. The van der Waals surface area contributed by atoms with Gasteiger partial charge in [-0.3, -0.25) is 9.89 Å². The standard InChI is InChI=1S/C23H32FN5O2.HI/c1-17(2)31-22-9-4-18(14-26-22)15-27-23(25-3)28-16-21(29-10-12-30-13-11-29)19-5-7-20(24)8-6-19;/h4-9,14,17,21H,10-13,15-16H2,1-3H3,(H2,25,27,28);1H. The highest BCUT2D eigenvalue weighted by Crippen LogP contribution is 2.21. The van der Waals surface area contributed by atoms with Gasteiger partial charge in [-0.15, -0.1) is 24.0 Å². The van der Waals surface area contributed by atoms with Crippen LogP contribution in [0.25, 0.3) is 0 Å². The second-order valence-corrected chi connectivity index (χ2v) is 7.69. The molecule has 176 valence electrons. The molecule has 3 rings (SSSR count). The molecule has 1 saturated heterocycles. The second-order valence-electron chi connectivity index (χ2n) is 7.69. The zero-order valence-electron chi connectivity index (χ0n) is 18.9. The number of morpholine rings is 1. The van der Waals surface area contributed by atoms with Crippen molar-refractivity contribution in [3.8, 4) is 5.88 Å². The monoisotopic (exact) mass is 557 g/mol. The fourth-order valence-corrected chi connectivity index (χ4v) is 3.46. The lowest BCUT2D eigenvalue weighted by Gasteiger charge is -2.35. The van der Waals surface area contributed by atoms with Crippen molar-refractivity contribution in [1.82, 2.24) is 20.5 Å². The molecule has 1 aliphatic heterocycles. The average Bonchev–Trinajstić information content (AvgIpc) is 2.78. The van der Waals surface area contributed by atoms with E-state index in [1.165, 1.54) is 12.1 Å². The van der Waals surface area contributed by atoms with Crippen molar-refractivity contribution in [2.24, 2.45) is 4.99 Å². The highest BCUT2D eigenvalue weighted by molar-refractivity contribution is 14.0. The summed E-state index contributed by atoms with van der Waals surface area (Å²) in [5, 5.41) is 6.72. The molecule has 0 radical (unpaired) electrons. The van der Waals surface area contributed by atoms with Gasteiger partial charge >= 0.3 is 0 Å². The van der Waals surface area contributed by atoms with Crippen molar-refractivity contribution in [3.63, 3.8) is 0 Å². The number of rotatable bonds is 8. The third kappa shape index (κ3) is 8.18. The lowest BCUT2D eigenvalue weighted by molar-refractivity contribution is 0.0170. The van der Waals surface area contributed by atoms with E-state index >= 15 is 0 Å². The first kappa shape index (κ1) is 26.3. The molecule has 1 atom stereocenters. The minimum absolute atomic E-state index is 0. The molecule has 0 spiro atoms. The number of benzene rings is 1. The number of halogens is 2. The van der Waals surface area contributed by atoms with Crippen LogP contribution in [-0.2, 0) is 11.3 Å². The highest BCUT2D eigenvalue weighted by atomic mass is 127. The lowest BCUT2D eigenvalue weighted by atomic mass is 10.0. The van der Waals surface area contributed by atoms with E-state index in [-0.39, 0.29) is 41.9 Å². The molecule has 7 nitrogen and oxygen atoms in total. The largest absolute Gasteiger partial charge is 0.475 e. The first-order valence-electron chi connectivity index (χ1n) is 10.7. The number of pyridine rings is 1. The first-order valence-corrected chi connectivity index (χ1v) is 10.7. The van der Waals surface area contributed by atoms with Crippen LogP contribution in [0.15, 0.2) is 47.6 Å². The average molecular weight is 557 g/mol. The molecule has 2 aromatic rings. The van der Waals surface area contributed by atoms with Gasteiger partial charge in [-0.1, -0.05) is 18.2 Å². The molecule has 1 unspecified atom stereocenters. The molecule has 9 heteroatoms. The van der Waals surface area contributed by atoms with Gasteiger partial charge in [-0.05, 0) is 37.1 Å². The van der Waals surface area contributed by atoms with Crippen LogP contribution < -0.4 is 15.4 Å². The van der Waals surface area contributed by atoms with Gasteiger partial charge in [0.05, 0.1) is 25.4 Å². The zero-order chi connectivity index (χ0) is 22.1. The minimum Gasteiger partial charge on any atom is -0.475 e. The number of nitrogens with one attached hydrogen (secondary N) is 2. The van der Waals surface area contributed by atoms with Crippen molar-refractivity contribution in [3.05, 3.63) is 59.5 Å². The van der Waals surface area contributed by atoms with Crippen LogP contribution in [0.5, 0.6) is 5.88 Å². The van der Waals surface area contributed by atoms with Crippen molar-refractivity contribution >= 4 is 29.9 Å². The van der Waals surface area contributed by atoms with Gasteiger partial charge in [-0.25, -0.2) is 9.37 Å². The number of ether oxygens (including phenoxy) is 2. The van der Waals surface area contributed by atoms with Crippen molar-refractivity contribution < 1.29 is 13.9 Å². The number of aliphatic imine (C=N–C) groups is 1. The van der Waals surface area contributed by atoms with Gasteiger partial charge in [0.1, 0.15) is 5.82 Å². The Kier molecular flexibility index (Phi) is 11.1. The van der Waals surface area contributed by atoms with Gasteiger partial charge < -0.3 is 20.1 Å². The second kappa shape index (κ2) is 13.5. The third-order valence-corrected chi connectivity index (χ3v) is 5.04. The Bertz CT molecular complexity index is 827. The molecule has 0 aliphatic carbocycles. The van der Waals surface area contributed by atoms with Crippen LogP contribution in [0.1, 0.15) is 31.0 Å². The number of hydrogen-bond acceptors (Lipinski definition) is 5. The number of nitrogens with zero attached hydrogens (tertiary/aromatic N) is 3. The SMILES string of the molecule is CN=C(NCc1ccc(OC(C)C)nc1)NCC(c1ccc(F)cc1)N1CCOCC1.I.